The fourth-order valence-corrected chi connectivity index (χ4v) is 2.95. The highest BCUT2D eigenvalue weighted by molar-refractivity contribution is 6.37. The van der Waals surface area contributed by atoms with Crippen molar-refractivity contribution in [2.75, 3.05) is 0 Å². The molecule has 1 aliphatic rings. The first-order chi connectivity index (χ1) is 12.0. The topological polar surface area (TPSA) is 68.0 Å². The maximum atomic E-state index is 12.3. The molecule has 25 heavy (non-hydrogen) atoms. The number of halogens is 2. The summed E-state index contributed by atoms with van der Waals surface area (Å²) in [5.41, 5.74) is 0.607. The molecule has 0 saturated heterocycles. The third kappa shape index (κ3) is 4.41. The lowest BCUT2D eigenvalue weighted by Gasteiger charge is -2.17. The fourth-order valence-electron chi connectivity index (χ4n) is 2.42. The quantitative estimate of drug-likeness (QED) is 0.733. The Labute approximate surface area is 156 Å². The molecule has 1 atom stereocenters. The summed E-state index contributed by atoms with van der Waals surface area (Å²) >= 11 is 12.2. The monoisotopic (exact) mass is 379 g/mol. The molecular formula is C18H19Cl2N3O2. The SMILES string of the molecule is CC(C)C(NC(=O)/C=C/c1c(Cl)cccc1Cl)c1nc(C2CC2)no1. The molecule has 0 aliphatic heterocycles. The maximum absolute atomic E-state index is 12.3. The number of hydrogen-bond acceptors (Lipinski definition) is 4. The second-order valence-electron chi connectivity index (χ2n) is 6.46. The molecule has 1 aromatic carbocycles. The zero-order chi connectivity index (χ0) is 18.0. The Bertz CT molecular complexity index is 777. The van der Waals surface area contributed by atoms with Gasteiger partial charge in [-0.25, -0.2) is 0 Å². The Hall–Kier alpha value is -1.85. The van der Waals surface area contributed by atoms with E-state index in [0.717, 1.165) is 18.7 Å². The molecule has 2 aromatic rings. The lowest BCUT2D eigenvalue weighted by molar-refractivity contribution is -0.117. The maximum Gasteiger partial charge on any atom is 0.249 e. The first-order valence-electron chi connectivity index (χ1n) is 8.21. The molecule has 1 aromatic heterocycles. The van der Waals surface area contributed by atoms with E-state index in [2.05, 4.69) is 15.5 Å². The molecule has 5 nitrogen and oxygen atoms in total. The molecular weight excluding hydrogens is 361 g/mol. The largest absolute Gasteiger partial charge is 0.340 e. The number of rotatable bonds is 6. The molecule has 1 saturated carbocycles. The van der Waals surface area contributed by atoms with E-state index in [0.29, 0.717) is 27.4 Å². The van der Waals surface area contributed by atoms with E-state index < -0.39 is 0 Å². The number of hydrogen-bond donors (Lipinski definition) is 1. The van der Waals surface area contributed by atoms with Gasteiger partial charge < -0.3 is 9.84 Å². The van der Waals surface area contributed by atoms with Crippen molar-refractivity contribution in [1.29, 1.82) is 0 Å². The van der Waals surface area contributed by atoms with Crippen molar-refractivity contribution in [2.24, 2.45) is 5.92 Å². The summed E-state index contributed by atoms with van der Waals surface area (Å²) in [6.07, 6.45) is 5.19. The van der Waals surface area contributed by atoms with Crippen LogP contribution in [-0.4, -0.2) is 16.0 Å². The van der Waals surface area contributed by atoms with Crippen LogP contribution in [0, 0.1) is 5.92 Å². The Morgan fingerprint density at radius 1 is 1.32 bits per heavy atom. The van der Waals surface area contributed by atoms with Gasteiger partial charge in [-0.1, -0.05) is 48.3 Å². The average Bonchev–Trinajstić information content (AvgIpc) is 3.30. The molecule has 0 spiro atoms. The number of nitrogens with zero attached hydrogens (tertiary/aromatic N) is 2. The van der Waals surface area contributed by atoms with E-state index in [1.54, 1.807) is 24.3 Å². The molecule has 1 heterocycles. The third-order valence-electron chi connectivity index (χ3n) is 4.03. The van der Waals surface area contributed by atoms with Gasteiger partial charge in [0.2, 0.25) is 11.8 Å². The van der Waals surface area contributed by atoms with Gasteiger partial charge in [-0.3, -0.25) is 4.79 Å². The fraction of sp³-hybridized carbons (Fsp3) is 0.389. The minimum absolute atomic E-state index is 0.105. The van der Waals surface area contributed by atoms with Crippen LogP contribution in [0.5, 0.6) is 0 Å². The Morgan fingerprint density at radius 2 is 2.00 bits per heavy atom. The van der Waals surface area contributed by atoms with Crippen LogP contribution in [0.15, 0.2) is 28.8 Å². The van der Waals surface area contributed by atoms with Gasteiger partial charge in [0.15, 0.2) is 5.82 Å². The minimum Gasteiger partial charge on any atom is -0.340 e. The van der Waals surface area contributed by atoms with Gasteiger partial charge in [0.05, 0.1) is 0 Å². The molecule has 1 aliphatic carbocycles. The van der Waals surface area contributed by atoms with Gasteiger partial charge in [0.1, 0.15) is 6.04 Å². The van der Waals surface area contributed by atoms with Crippen LogP contribution in [0.1, 0.15) is 55.9 Å². The number of amides is 1. The Kier molecular flexibility index (Phi) is 5.45. The molecule has 132 valence electrons. The van der Waals surface area contributed by atoms with Gasteiger partial charge in [-0.05, 0) is 37.0 Å². The number of carbonyl (C=O) groups is 1. The van der Waals surface area contributed by atoms with Gasteiger partial charge in [-0.15, -0.1) is 0 Å². The van der Waals surface area contributed by atoms with Crippen LogP contribution in [0.3, 0.4) is 0 Å². The summed E-state index contributed by atoms with van der Waals surface area (Å²) in [4.78, 5) is 16.7. The van der Waals surface area contributed by atoms with Crippen molar-refractivity contribution in [3.05, 3.63) is 51.6 Å². The highest BCUT2D eigenvalue weighted by Crippen LogP contribution is 2.38. The van der Waals surface area contributed by atoms with Crippen LogP contribution in [0.4, 0.5) is 0 Å². The number of benzene rings is 1. The zero-order valence-electron chi connectivity index (χ0n) is 14.0. The average molecular weight is 380 g/mol. The van der Waals surface area contributed by atoms with Crippen molar-refractivity contribution in [1.82, 2.24) is 15.5 Å². The van der Waals surface area contributed by atoms with E-state index in [-0.39, 0.29) is 17.9 Å². The van der Waals surface area contributed by atoms with Crippen LogP contribution >= 0.6 is 23.2 Å². The zero-order valence-corrected chi connectivity index (χ0v) is 15.5. The van der Waals surface area contributed by atoms with Crippen molar-refractivity contribution < 1.29 is 9.32 Å². The first kappa shape index (κ1) is 18.0. The predicted molar refractivity (Wildman–Crippen MR) is 97.5 cm³/mol. The summed E-state index contributed by atoms with van der Waals surface area (Å²) in [6.45, 7) is 3.97. The lowest BCUT2D eigenvalue weighted by atomic mass is 10.0. The molecule has 3 rings (SSSR count). The third-order valence-corrected chi connectivity index (χ3v) is 4.69. The number of nitrogens with one attached hydrogen (secondary N) is 1. The standard InChI is InChI=1S/C18H19Cl2N3O2/c1-10(2)16(18-22-17(23-25-18)11-6-7-11)21-15(24)9-8-12-13(19)4-3-5-14(12)20/h3-5,8-11,16H,6-7H2,1-2H3,(H,21,24)/b9-8+. The molecule has 1 fully saturated rings. The highest BCUT2D eigenvalue weighted by Gasteiger charge is 2.31. The highest BCUT2D eigenvalue weighted by atomic mass is 35.5. The molecule has 1 amide bonds. The predicted octanol–water partition coefficient (Wildman–Crippen LogP) is 4.78. The van der Waals surface area contributed by atoms with Crippen molar-refractivity contribution >= 4 is 35.2 Å². The van der Waals surface area contributed by atoms with Gasteiger partial charge in [-0.2, -0.15) is 4.98 Å². The van der Waals surface area contributed by atoms with Crippen molar-refractivity contribution in [2.45, 2.75) is 38.6 Å². The Morgan fingerprint density at radius 3 is 2.60 bits per heavy atom. The lowest BCUT2D eigenvalue weighted by Crippen LogP contribution is -2.30. The molecule has 1 N–H and O–H groups in total. The Balaban J connectivity index is 1.71. The molecule has 1 unspecified atom stereocenters. The summed E-state index contributed by atoms with van der Waals surface area (Å²) < 4.78 is 5.35. The van der Waals surface area contributed by atoms with Gasteiger partial charge in [0, 0.05) is 27.6 Å². The van der Waals surface area contributed by atoms with E-state index >= 15 is 0 Å². The molecule has 0 bridgehead atoms. The van der Waals surface area contributed by atoms with Crippen LogP contribution in [-0.2, 0) is 4.79 Å². The summed E-state index contributed by atoms with van der Waals surface area (Å²) in [6, 6.07) is 4.85. The van der Waals surface area contributed by atoms with E-state index in [1.807, 2.05) is 13.8 Å². The van der Waals surface area contributed by atoms with Crippen LogP contribution < -0.4 is 5.32 Å². The van der Waals surface area contributed by atoms with Crippen molar-refractivity contribution in [3.8, 4) is 0 Å². The normalized spacial score (nSPS) is 15.7. The summed E-state index contributed by atoms with van der Waals surface area (Å²) in [7, 11) is 0. The second kappa shape index (κ2) is 7.58. The van der Waals surface area contributed by atoms with Gasteiger partial charge >= 0.3 is 0 Å². The summed E-state index contributed by atoms with van der Waals surface area (Å²) in [5, 5.41) is 7.90. The summed E-state index contributed by atoms with van der Waals surface area (Å²) in [5.74, 6) is 1.40. The number of aromatic nitrogens is 2. The van der Waals surface area contributed by atoms with E-state index in [9.17, 15) is 4.79 Å². The second-order valence-corrected chi connectivity index (χ2v) is 7.28. The van der Waals surface area contributed by atoms with Crippen LogP contribution in [0.25, 0.3) is 6.08 Å². The van der Waals surface area contributed by atoms with E-state index in [4.69, 9.17) is 27.7 Å². The van der Waals surface area contributed by atoms with Crippen molar-refractivity contribution in [3.63, 3.8) is 0 Å². The van der Waals surface area contributed by atoms with E-state index in [1.165, 1.54) is 6.08 Å². The number of carbonyl (C=O) groups excluding carboxylic acids is 1. The molecule has 7 heteroatoms. The van der Waals surface area contributed by atoms with Gasteiger partial charge in [0.25, 0.3) is 0 Å². The minimum atomic E-state index is -0.348. The smallest absolute Gasteiger partial charge is 0.249 e. The first-order valence-corrected chi connectivity index (χ1v) is 8.97. The van der Waals surface area contributed by atoms with Crippen LogP contribution in [0.2, 0.25) is 10.0 Å². The molecule has 0 radical (unpaired) electrons.